The van der Waals surface area contributed by atoms with Crippen molar-refractivity contribution in [1.29, 1.82) is 0 Å². The minimum Gasteiger partial charge on any atom is -0.481 e. The fourth-order valence-electron chi connectivity index (χ4n) is 2.45. The lowest BCUT2D eigenvalue weighted by Gasteiger charge is -2.34. The van der Waals surface area contributed by atoms with Crippen molar-refractivity contribution < 1.29 is 4.74 Å². The van der Waals surface area contributed by atoms with Gasteiger partial charge in [-0.15, -0.1) is 0 Å². The Balaban J connectivity index is 1.58. The van der Waals surface area contributed by atoms with Gasteiger partial charge in [-0.1, -0.05) is 0 Å². The average Bonchev–Trinajstić information content (AvgIpc) is 2.93. The molecule has 1 aliphatic heterocycles. The Bertz CT molecular complexity index is 591. The van der Waals surface area contributed by atoms with E-state index in [1.807, 2.05) is 19.4 Å². The minimum atomic E-state index is 0.607. The number of rotatable bonds is 4. The van der Waals surface area contributed by atoms with Crippen LogP contribution in [0.15, 0.2) is 24.7 Å². The van der Waals surface area contributed by atoms with Crippen molar-refractivity contribution in [1.82, 2.24) is 24.4 Å². The first-order valence-corrected chi connectivity index (χ1v) is 7.07. The molecule has 0 amide bonds. The third-order valence-corrected chi connectivity index (χ3v) is 3.77. The van der Waals surface area contributed by atoms with E-state index in [0.29, 0.717) is 5.88 Å². The summed E-state index contributed by atoms with van der Waals surface area (Å²) in [7, 11) is 3.65. The molecule has 0 aromatic carbocycles. The zero-order valence-corrected chi connectivity index (χ0v) is 12.4. The average molecular weight is 288 g/mol. The van der Waals surface area contributed by atoms with Gasteiger partial charge in [-0.3, -0.25) is 4.90 Å². The molecule has 7 nitrogen and oxygen atoms in total. The summed E-state index contributed by atoms with van der Waals surface area (Å²) in [6.45, 7) is 4.67. The minimum absolute atomic E-state index is 0.607. The Morgan fingerprint density at radius 1 is 1.14 bits per heavy atom. The summed E-state index contributed by atoms with van der Waals surface area (Å²) in [5.74, 6) is 2.45. The van der Waals surface area contributed by atoms with Gasteiger partial charge in [0.25, 0.3) is 0 Å². The SMILES string of the molecule is COc1ccnc(N2CCN(Cc3nccn3C)CC2)n1. The maximum atomic E-state index is 5.15. The van der Waals surface area contributed by atoms with E-state index in [1.165, 1.54) is 0 Å². The molecule has 1 saturated heterocycles. The summed E-state index contributed by atoms with van der Waals surface area (Å²) in [4.78, 5) is 17.7. The van der Waals surface area contributed by atoms with Crippen molar-refractivity contribution in [2.24, 2.45) is 7.05 Å². The second kappa shape index (κ2) is 6.09. The molecule has 0 unspecified atom stereocenters. The first-order valence-electron chi connectivity index (χ1n) is 7.07. The largest absolute Gasteiger partial charge is 0.481 e. The van der Waals surface area contributed by atoms with Crippen LogP contribution in [0.3, 0.4) is 0 Å². The number of aryl methyl sites for hydroxylation is 1. The number of aromatic nitrogens is 4. The molecule has 3 rings (SSSR count). The van der Waals surface area contributed by atoms with E-state index in [-0.39, 0.29) is 0 Å². The standard InChI is InChI=1S/C14H20N6O/c1-18-6-5-15-12(18)11-19-7-9-20(10-8-19)14-16-4-3-13(17-14)21-2/h3-6H,7-11H2,1-2H3. The van der Waals surface area contributed by atoms with Crippen LogP contribution in [0.2, 0.25) is 0 Å². The molecule has 2 aromatic rings. The van der Waals surface area contributed by atoms with Gasteiger partial charge in [0.05, 0.1) is 13.7 Å². The highest BCUT2D eigenvalue weighted by atomic mass is 16.5. The Labute approximate surface area is 124 Å². The molecule has 112 valence electrons. The molecule has 0 aliphatic carbocycles. The van der Waals surface area contributed by atoms with Gasteiger partial charge in [-0.25, -0.2) is 9.97 Å². The summed E-state index contributed by atoms with van der Waals surface area (Å²) < 4.78 is 7.22. The monoisotopic (exact) mass is 288 g/mol. The summed E-state index contributed by atoms with van der Waals surface area (Å²) >= 11 is 0. The summed E-state index contributed by atoms with van der Waals surface area (Å²) in [6, 6.07) is 1.76. The molecule has 0 bridgehead atoms. The number of imidazole rings is 1. The number of ether oxygens (including phenoxy) is 1. The van der Waals surface area contributed by atoms with E-state index < -0.39 is 0 Å². The predicted octanol–water partition coefficient (Wildman–Crippen LogP) is 0.541. The first-order chi connectivity index (χ1) is 10.3. The molecule has 2 aromatic heterocycles. The molecular formula is C14H20N6O. The highest BCUT2D eigenvalue weighted by Crippen LogP contribution is 2.15. The summed E-state index contributed by atoms with van der Waals surface area (Å²) in [6.07, 6.45) is 5.56. The fourth-order valence-corrected chi connectivity index (χ4v) is 2.45. The number of nitrogens with zero attached hydrogens (tertiary/aromatic N) is 6. The van der Waals surface area contributed by atoms with Crippen LogP contribution in [0.5, 0.6) is 5.88 Å². The third-order valence-electron chi connectivity index (χ3n) is 3.77. The maximum Gasteiger partial charge on any atom is 0.228 e. The Morgan fingerprint density at radius 3 is 2.62 bits per heavy atom. The van der Waals surface area contributed by atoms with Crippen molar-refractivity contribution in [3.05, 3.63) is 30.5 Å². The van der Waals surface area contributed by atoms with Gasteiger partial charge >= 0.3 is 0 Å². The summed E-state index contributed by atoms with van der Waals surface area (Å²) in [5, 5.41) is 0. The summed E-state index contributed by atoms with van der Waals surface area (Å²) in [5.41, 5.74) is 0. The zero-order chi connectivity index (χ0) is 14.7. The van der Waals surface area contributed by atoms with Crippen LogP contribution in [-0.4, -0.2) is 57.7 Å². The van der Waals surface area contributed by atoms with Crippen molar-refractivity contribution in [3.8, 4) is 5.88 Å². The Morgan fingerprint density at radius 2 is 1.95 bits per heavy atom. The van der Waals surface area contributed by atoms with Crippen LogP contribution >= 0.6 is 0 Å². The second-order valence-corrected chi connectivity index (χ2v) is 5.12. The van der Waals surface area contributed by atoms with Crippen LogP contribution in [0.4, 0.5) is 5.95 Å². The first kappa shape index (κ1) is 13.8. The van der Waals surface area contributed by atoms with Gasteiger partial charge in [-0.2, -0.15) is 4.98 Å². The highest BCUT2D eigenvalue weighted by Gasteiger charge is 2.20. The predicted molar refractivity (Wildman–Crippen MR) is 79.3 cm³/mol. The van der Waals surface area contributed by atoms with E-state index in [9.17, 15) is 0 Å². The van der Waals surface area contributed by atoms with E-state index in [0.717, 1.165) is 44.5 Å². The topological polar surface area (TPSA) is 59.3 Å². The molecule has 0 atom stereocenters. The Hall–Kier alpha value is -2.15. The molecule has 0 radical (unpaired) electrons. The third kappa shape index (κ3) is 3.13. The zero-order valence-electron chi connectivity index (χ0n) is 12.4. The van der Waals surface area contributed by atoms with Crippen LogP contribution in [-0.2, 0) is 13.6 Å². The van der Waals surface area contributed by atoms with E-state index >= 15 is 0 Å². The van der Waals surface area contributed by atoms with Crippen LogP contribution < -0.4 is 9.64 Å². The molecule has 0 N–H and O–H groups in total. The number of hydrogen-bond acceptors (Lipinski definition) is 6. The number of anilines is 1. The van der Waals surface area contributed by atoms with Gasteiger partial charge in [-0.05, 0) is 0 Å². The smallest absolute Gasteiger partial charge is 0.228 e. The fraction of sp³-hybridized carbons (Fsp3) is 0.500. The molecule has 0 spiro atoms. The lowest BCUT2D eigenvalue weighted by atomic mass is 10.3. The highest BCUT2D eigenvalue weighted by molar-refractivity contribution is 5.32. The Kier molecular flexibility index (Phi) is 4.01. The van der Waals surface area contributed by atoms with Crippen molar-refractivity contribution in [3.63, 3.8) is 0 Å². The van der Waals surface area contributed by atoms with Gasteiger partial charge in [0.2, 0.25) is 11.8 Å². The van der Waals surface area contributed by atoms with Crippen LogP contribution in [0.25, 0.3) is 0 Å². The van der Waals surface area contributed by atoms with Crippen molar-refractivity contribution in [2.45, 2.75) is 6.54 Å². The van der Waals surface area contributed by atoms with Crippen molar-refractivity contribution >= 4 is 5.95 Å². The molecule has 1 fully saturated rings. The quantitative estimate of drug-likeness (QED) is 0.818. The molecule has 0 saturated carbocycles. The van der Waals surface area contributed by atoms with E-state index in [4.69, 9.17) is 4.74 Å². The van der Waals surface area contributed by atoms with Gasteiger partial charge in [0.15, 0.2) is 0 Å². The molecule has 3 heterocycles. The molecule has 21 heavy (non-hydrogen) atoms. The maximum absolute atomic E-state index is 5.15. The van der Waals surface area contributed by atoms with E-state index in [1.54, 1.807) is 19.4 Å². The molecular weight excluding hydrogens is 268 g/mol. The number of hydrogen-bond donors (Lipinski definition) is 0. The lowest BCUT2D eigenvalue weighted by Crippen LogP contribution is -2.46. The van der Waals surface area contributed by atoms with Crippen LogP contribution in [0, 0.1) is 0 Å². The number of methoxy groups -OCH3 is 1. The van der Waals surface area contributed by atoms with Gasteiger partial charge in [0, 0.05) is 57.9 Å². The van der Waals surface area contributed by atoms with Gasteiger partial charge < -0.3 is 14.2 Å². The second-order valence-electron chi connectivity index (χ2n) is 5.12. The lowest BCUT2D eigenvalue weighted by molar-refractivity contribution is 0.240. The van der Waals surface area contributed by atoms with Crippen LogP contribution in [0.1, 0.15) is 5.82 Å². The normalized spacial score (nSPS) is 16.2. The molecule has 7 heteroatoms. The molecule has 1 aliphatic rings. The van der Waals surface area contributed by atoms with Gasteiger partial charge in [0.1, 0.15) is 5.82 Å². The number of piperazine rings is 1. The van der Waals surface area contributed by atoms with Crippen molar-refractivity contribution in [2.75, 3.05) is 38.2 Å². The van der Waals surface area contributed by atoms with E-state index in [2.05, 4.69) is 29.3 Å².